The Labute approximate surface area is 119 Å². The minimum Gasteiger partial charge on any atom is -0.478 e. The summed E-state index contributed by atoms with van der Waals surface area (Å²) in [7, 11) is 0. The third-order valence-corrected chi connectivity index (χ3v) is 4.20. The van der Waals surface area contributed by atoms with Gasteiger partial charge in [0.15, 0.2) is 5.76 Å². The smallest absolute Gasteiger partial charge is 0.338 e. The zero-order valence-corrected chi connectivity index (χ0v) is 11.4. The summed E-state index contributed by atoms with van der Waals surface area (Å²) in [6.45, 7) is 0.669. The van der Waals surface area contributed by atoms with E-state index < -0.39 is 5.97 Å². The molecule has 20 heavy (non-hydrogen) atoms. The number of carboxylic acid groups (broad SMARTS) is 1. The van der Waals surface area contributed by atoms with Gasteiger partial charge in [-0.2, -0.15) is 11.3 Å². The SMILES string of the molecule is O=C(O)c1coc(C(=O)N2CCCC2c2ccsc2)c1. The van der Waals surface area contributed by atoms with E-state index >= 15 is 0 Å². The van der Waals surface area contributed by atoms with Gasteiger partial charge in [0.2, 0.25) is 0 Å². The van der Waals surface area contributed by atoms with Crippen LogP contribution in [0.3, 0.4) is 0 Å². The minimum absolute atomic E-state index is 0.000342. The number of furan rings is 1. The monoisotopic (exact) mass is 291 g/mol. The zero-order valence-electron chi connectivity index (χ0n) is 10.6. The maximum Gasteiger partial charge on any atom is 0.338 e. The van der Waals surface area contributed by atoms with Gasteiger partial charge in [-0.05, 0) is 35.2 Å². The number of thiophene rings is 1. The molecule has 6 heteroatoms. The van der Waals surface area contributed by atoms with E-state index in [1.807, 2.05) is 16.8 Å². The number of rotatable bonds is 3. The second-order valence-electron chi connectivity index (χ2n) is 4.72. The fourth-order valence-corrected chi connectivity index (χ4v) is 3.23. The van der Waals surface area contributed by atoms with Crippen molar-refractivity contribution in [2.24, 2.45) is 0 Å². The lowest BCUT2D eigenvalue weighted by Gasteiger charge is -2.23. The van der Waals surface area contributed by atoms with Crippen LogP contribution in [0.4, 0.5) is 0 Å². The standard InChI is InChI=1S/C14H13NO4S/c16-13(12-6-10(7-19-12)14(17)18)15-4-1-2-11(15)9-3-5-20-8-9/h3,5-8,11H,1-2,4H2,(H,17,18). The summed E-state index contributed by atoms with van der Waals surface area (Å²) in [6, 6.07) is 3.37. The van der Waals surface area contributed by atoms with E-state index in [1.165, 1.54) is 6.07 Å². The van der Waals surface area contributed by atoms with Gasteiger partial charge >= 0.3 is 5.97 Å². The lowest BCUT2D eigenvalue weighted by atomic mass is 10.1. The molecule has 104 valence electrons. The van der Waals surface area contributed by atoms with Gasteiger partial charge < -0.3 is 14.4 Å². The summed E-state index contributed by atoms with van der Waals surface area (Å²) in [6.07, 6.45) is 2.97. The Bertz CT molecular complexity index is 631. The highest BCUT2D eigenvalue weighted by Gasteiger charge is 2.32. The molecule has 2 aromatic heterocycles. The molecule has 0 aromatic carbocycles. The topological polar surface area (TPSA) is 70.7 Å². The maximum atomic E-state index is 12.4. The largest absolute Gasteiger partial charge is 0.478 e. The van der Waals surface area contributed by atoms with Crippen molar-refractivity contribution < 1.29 is 19.1 Å². The van der Waals surface area contributed by atoms with Crippen LogP contribution in [0.5, 0.6) is 0 Å². The highest BCUT2D eigenvalue weighted by atomic mass is 32.1. The molecule has 1 aliphatic heterocycles. The van der Waals surface area contributed by atoms with Crippen LogP contribution in [0.15, 0.2) is 33.6 Å². The van der Waals surface area contributed by atoms with Crippen molar-refractivity contribution in [3.05, 3.63) is 46.0 Å². The average molecular weight is 291 g/mol. The number of hydrogen-bond acceptors (Lipinski definition) is 4. The average Bonchev–Trinajstić information content (AvgIpc) is 3.17. The van der Waals surface area contributed by atoms with Crippen LogP contribution in [-0.4, -0.2) is 28.4 Å². The first-order valence-electron chi connectivity index (χ1n) is 6.31. The van der Waals surface area contributed by atoms with Gasteiger partial charge in [-0.3, -0.25) is 4.79 Å². The highest BCUT2D eigenvalue weighted by Crippen LogP contribution is 2.34. The predicted octanol–water partition coefficient (Wildman–Crippen LogP) is 3.02. The van der Waals surface area contributed by atoms with Crippen molar-refractivity contribution in [2.45, 2.75) is 18.9 Å². The fourth-order valence-electron chi connectivity index (χ4n) is 2.52. The molecule has 1 amide bonds. The van der Waals surface area contributed by atoms with Crippen molar-refractivity contribution >= 4 is 23.2 Å². The molecule has 0 bridgehead atoms. The second-order valence-corrected chi connectivity index (χ2v) is 5.50. The van der Waals surface area contributed by atoms with Crippen molar-refractivity contribution in [3.63, 3.8) is 0 Å². The number of carbonyl (C=O) groups excluding carboxylic acids is 1. The van der Waals surface area contributed by atoms with Gasteiger partial charge in [-0.1, -0.05) is 0 Å². The summed E-state index contributed by atoms with van der Waals surface area (Å²) >= 11 is 1.60. The molecule has 1 saturated heterocycles. The molecule has 0 radical (unpaired) electrons. The van der Waals surface area contributed by atoms with Crippen molar-refractivity contribution in [1.29, 1.82) is 0 Å². The van der Waals surface area contributed by atoms with Crippen molar-refractivity contribution in [2.75, 3.05) is 6.54 Å². The van der Waals surface area contributed by atoms with Gasteiger partial charge in [-0.25, -0.2) is 4.79 Å². The third kappa shape index (κ3) is 2.22. The molecule has 1 atom stereocenters. The number of nitrogens with zero attached hydrogens (tertiary/aromatic N) is 1. The van der Waals surface area contributed by atoms with E-state index in [0.717, 1.165) is 24.7 Å². The number of hydrogen-bond donors (Lipinski definition) is 1. The molecule has 1 aliphatic rings. The first kappa shape index (κ1) is 12.9. The van der Waals surface area contributed by atoms with Gasteiger partial charge in [0.1, 0.15) is 6.26 Å². The Morgan fingerprint density at radius 2 is 2.30 bits per heavy atom. The molecule has 1 fully saturated rings. The van der Waals surface area contributed by atoms with Gasteiger partial charge in [0, 0.05) is 12.6 Å². The molecule has 1 N–H and O–H groups in total. The Balaban J connectivity index is 1.83. The van der Waals surface area contributed by atoms with Crippen molar-refractivity contribution in [1.82, 2.24) is 4.90 Å². The summed E-state index contributed by atoms with van der Waals surface area (Å²) in [4.78, 5) is 25.0. The van der Waals surface area contributed by atoms with Gasteiger partial charge in [-0.15, -0.1) is 0 Å². The number of carboxylic acids is 1. The minimum atomic E-state index is -1.09. The molecule has 0 spiro atoms. The van der Waals surface area contributed by atoms with Crippen LogP contribution in [0.25, 0.3) is 0 Å². The molecule has 2 aromatic rings. The summed E-state index contributed by atoms with van der Waals surface area (Å²) in [5, 5.41) is 12.9. The molecule has 0 aliphatic carbocycles. The van der Waals surface area contributed by atoms with Crippen molar-refractivity contribution in [3.8, 4) is 0 Å². The Morgan fingerprint density at radius 1 is 1.45 bits per heavy atom. The molecular formula is C14H13NO4S. The normalized spacial score (nSPS) is 18.4. The fraction of sp³-hybridized carbons (Fsp3) is 0.286. The summed E-state index contributed by atoms with van der Waals surface area (Å²) in [5.74, 6) is -1.25. The summed E-state index contributed by atoms with van der Waals surface area (Å²) < 4.78 is 5.10. The van der Waals surface area contributed by atoms with E-state index in [9.17, 15) is 9.59 Å². The van der Waals surface area contributed by atoms with E-state index in [-0.39, 0.29) is 23.3 Å². The molecule has 5 nitrogen and oxygen atoms in total. The molecular weight excluding hydrogens is 278 g/mol. The van der Waals surface area contributed by atoms with E-state index in [1.54, 1.807) is 16.2 Å². The Hall–Kier alpha value is -2.08. The Morgan fingerprint density at radius 3 is 2.95 bits per heavy atom. The van der Waals surface area contributed by atoms with Crippen LogP contribution in [-0.2, 0) is 0 Å². The van der Waals surface area contributed by atoms with Gasteiger partial charge in [0.05, 0.1) is 11.6 Å². The number of likely N-dealkylation sites (tertiary alicyclic amines) is 1. The first-order valence-corrected chi connectivity index (χ1v) is 7.26. The van der Waals surface area contributed by atoms with Gasteiger partial charge in [0.25, 0.3) is 5.91 Å². The van der Waals surface area contributed by atoms with E-state index in [2.05, 4.69) is 0 Å². The number of amides is 1. The molecule has 1 unspecified atom stereocenters. The lowest BCUT2D eigenvalue weighted by molar-refractivity contribution is 0.0690. The maximum absolute atomic E-state index is 12.4. The molecule has 0 saturated carbocycles. The quantitative estimate of drug-likeness (QED) is 0.943. The Kier molecular flexibility index (Phi) is 3.31. The highest BCUT2D eigenvalue weighted by molar-refractivity contribution is 7.07. The van der Waals surface area contributed by atoms with E-state index in [0.29, 0.717) is 6.54 Å². The zero-order chi connectivity index (χ0) is 14.1. The van der Waals surface area contributed by atoms with Crippen LogP contribution in [0, 0.1) is 0 Å². The predicted molar refractivity (Wildman–Crippen MR) is 73.0 cm³/mol. The third-order valence-electron chi connectivity index (χ3n) is 3.50. The molecule has 3 heterocycles. The molecule has 3 rings (SSSR count). The van der Waals surface area contributed by atoms with Crippen LogP contribution in [0.1, 0.15) is 45.4 Å². The number of carbonyl (C=O) groups is 2. The van der Waals surface area contributed by atoms with Crippen LogP contribution >= 0.6 is 11.3 Å². The van der Waals surface area contributed by atoms with Crippen LogP contribution < -0.4 is 0 Å². The first-order chi connectivity index (χ1) is 9.66. The van der Waals surface area contributed by atoms with E-state index in [4.69, 9.17) is 9.52 Å². The number of aromatic carboxylic acids is 1. The summed E-state index contributed by atoms with van der Waals surface area (Å²) in [5.41, 5.74) is 1.13. The van der Waals surface area contributed by atoms with Crippen LogP contribution in [0.2, 0.25) is 0 Å². The lowest BCUT2D eigenvalue weighted by Crippen LogP contribution is -2.30. The second kappa shape index (κ2) is 5.13.